The van der Waals surface area contributed by atoms with Gasteiger partial charge in [0.15, 0.2) is 0 Å². The number of nitrogens with one attached hydrogen (secondary N) is 1. The molecule has 0 rings (SSSR count). The highest BCUT2D eigenvalue weighted by molar-refractivity contribution is 6.27. The molecule has 1 N–H and O–H groups in total. The van der Waals surface area contributed by atoms with E-state index >= 15 is 0 Å². The summed E-state index contributed by atoms with van der Waals surface area (Å²) in [5, 5.41) is 2.62. The molecule has 0 unspecified atom stereocenters. The Morgan fingerprint density at radius 1 is 1.67 bits per heavy atom. The maximum atomic E-state index is 10.4. The largest absolute Gasteiger partial charge is 0.355 e. The van der Waals surface area contributed by atoms with Gasteiger partial charge < -0.3 is 5.32 Å². The van der Waals surface area contributed by atoms with Gasteiger partial charge in [-0.1, -0.05) is 13.3 Å². The van der Waals surface area contributed by atoms with Gasteiger partial charge in [0, 0.05) is 6.54 Å². The van der Waals surface area contributed by atoms with E-state index in [1.165, 1.54) is 0 Å². The number of carbonyl (C=O) groups excluding carboxylic acids is 1. The van der Waals surface area contributed by atoms with Crippen LogP contribution in [0.4, 0.5) is 0 Å². The smallest absolute Gasteiger partial charge is 0.234 e. The average molecular weight is 149 g/mol. The second-order valence-corrected chi connectivity index (χ2v) is 1.96. The van der Waals surface area contributed by atoms with Crippen molar-refractivity contribution in [2.45, 2.75) is 12.8 Å². The molecule has 1 radical (unpaired) electrons. The Morgan fingerprint density at radius 2 is 2.33 bits per heavy atom. The highest BCUT2D eigenvalue weighted by Crippen LogP contribution is 1.82. The van der Waals surface area contributed by atoms with E-state index in [1.54, 1.807) is 0 Å². The van der Waals surface area contributed by atoms with Gasteiger partial charge in [-0.3, -0.25) is 4.79 Å². The summed E-state index contributed by atoms with van der Waals surface area (Å²) in [6, 6.07) is 0. The first-order chi connectivity index (χ1) is 4.31. The molecule has 3 heteroatoms. The van der Waals surface area contributed by atoms with E-state index in [0.717, 1.165) is 12.8 Å². The molecule has 0 heterocycles. The van der Waals surface area contributed by atoms with E-state index in [2.05, 4.69) is 12.2 Å². The molecule has 53 valence electrons. The summed E-state index contributed by atoms with van der Waals surface area (Å²) in [7, 11) is 0. The van der Waals surface area contributed by atoms with Crippen LogP contribution in [0.1, 0.15) is 12.8 Å². The summed E-state index contributed by atoms with van der Waals surface area (Å²) in [5.74, 6) is -0.0537. The quantitative estimate of drug-likeness (QED) is 0.467. The molecular weight excluding hydrogens is 138 g/mol. The van der Waals surface area contributed by atoms with Crippen molar-refractivity contribution in [2.24, 2.45) is 0 Å². The van der Waals surface area contributed by atoms with Crippen molar-refractivity contribution < 1.29 is 4.79 Å². The Bertz CT molecular complexity index is 85.1. The maximum Gasteiger partial charge on any atom is 0.234 e. The van der Waals surface area contributed by atoms with Crippen molar-refractivity contribution in [1.29, 1.82) is 0 Å². The zero-order chi connectivity index (χ0) is 7.11. The minimum absolute atomic E-state index is 0.0527. The van der Waals surface area contributed by atoms with E-state index < -0.39 is 0 Å². The molecule has 0 aromatic rings. The fourth-order valence-electron chi connectivity index (χ4n) is 0.400. The minimum Gasteiger partial charge on any atom is -0.355 e. The van der Waals surface area contributed by atoms with Gasteiger partial charge in [0.2, 0.25) is 5.91 Å². The van der Waals surface area contributed by atoms with Crippen LogP contribution in [0.3, 0.4) is 0 Å². The van der Waals surface area contributed by atoms with Crippen LogP contribution in [-0.4, -0.2) is 18.3 Å². The molecule has 0 fully saturated rings. The zero-order valence-electron chi connectivity index (χ0n) is 5.32. The number of alkyl halides is 1. The SMILES string of the molecule is [CH2]CCCNC(=O)CCl. The van der Waals surface area contributed by atoms with Crippen LogP contribution >= 0.6 is 11.6 Å². The summed E-state index contributed by atoms with van der Waals surface area (Å²) < 4.78 is 0. The molecule has 1 amide bonds. The van der Waals surface area contributed by atoms with Gasteiger partial charge in [0.05, 0.1) is 0 Å². The Hall–Kier alpha value is -0.240. The van der Waals surface area contributed by atoms with E-state index in [9.17, 15) is 4.79 Å². The molecule has 0 aromatic heterocycles. The second kappa shape index (κ2) is 5.89. The second-order valence-electron chi connectivity index (χ2n) is 1.69. The summed E-state index contributed by atoms with van der Waals surface area (Å²) >= 11 is 5.20. The van der Waals surface area contributed by atoms with E-state index in [0.29, 0.717) is 6.54 Å². The molecule has 0 aromatic carbocycles. The molecule has 9 heavy (non-hydrogen) atoms. The van der Waals surface area contributed by atoms with Crippen LogP contribution < -0.4 is 5.32 Å². The highest BCUT2D eigenvalue weighted by Gasteiger charge is 1.93. The molecule has 0 aliphatic carbocycles. The Morgan fingerprint density at radius 3 is 2.78 bits per heavy atom. The fraction of sp³-hybridized carbons (Fsp3) is 0.667. The van der Waals surface area contributed by atoms with E-state index in [4.69, 9.17) is 11.6 Å². The molecule has 0 saturated carbocycles. The standard InChI is InChI=1S/C6H11ClNO/c1-2-3-4-8-6(9)5-7/h1-5H2,(H,8,9). The molecule has 0 aliphatic rings. The van der Waals surface area contributed by atoms with Gasteiger partial charge in [-0.05, 0) is 6.42 Å². The highest BCUT2D eigenvalue weighted by atomic mass is 35.5. The van der Waals surface area contributed by atoms with Crippen molar-refractivity contribution in [3.8, 4) is 0 Å². The lowest BCUT2D eigenvalue weighted by Gasteiger charge is -1.98. The van der Waals surface area contributed by atoms with Crippen molar-refractivity contribution in [3.05, 3.63) is 6.92 Å². The Kier molecular flexibility index (Phi) is 5.73. The zero-order valence-corrected chi connectivity index (χ0v) is 6.08. The Balaban J connectivity index is 2.97. The number of amides is 1. The van der Waals surface area contributed by atoms with Crippen molar-refractivity contribution >= 4 is 17.5 Å². The number of hydrogen-bond acceptors (Lipinski definition) is 1. The number of halogens is 1. The van der Waals surface area contributed by atoms with Gasteiger partial charge >= 0.3 is 0 Å². The molecule has 0 spiro atoms. The molecule has 0 atom stereocenters. The Labute approximate surface area is 60.6 Å². The van der Waals surface area contributed by atoms with Crippen LogP contribution in [0.2, 0.25) is 0 Å². The number of unbranched alkanes of at least 4 members (excludes halogenated alkanes) is 1. The van der Waals surface area contributed by atoms with Crippen LogP contribution in [-0.2, 0) is 4.79 Å². The van der Waals surface area contributed by atoms with Crippen molar-refractivity contribution in [3.63, 3.8) is 0 Å². The van der Waals surface area contributed by atoms with E-state index in [1.807, 2.05) is 0 Å². The van der Waals surface area contributed by atoms with Gasteiger partial charge in [0.1, 0.15) is 5.88 Å². The van der Waals surface area contributed by atoms with Gasteiger partial charge in [-0.15, -0.1) is 11.6 Å². The van der Waals surface area contributed by atoms with Crippen molar-refractivity contribution in [2.75, 3.05) is 12.4 Å². The van der Waals surface area contributed by atoms with Crippen LogP contribution in [0.15, 0.2) is 0 Å². The van der Waals surface area contributed by atoms with Gasteiger partial charge in [-0.25, -0.2) is 0 Å². The lowest BCUT2D eigenvalue weighted by molar-refractivity contribution is -0.118. The maximum absolute atomic E-state index is 10.4. The number of carbonyl (C=O) groups is 1. The first kappa shape index (κ1) is 8.76. The van der Waals surface area contributed by atoms with Crippen LogP contribution in [0.5, 0.6) is 0 Å². The third-order valence-electron chi connectivity index (χ3n) is 0.870. The predicted molar refractivity (Wildman–Crippen MR) is 38.3 cm³/mol. The van der Waals surface area contributed by atoms with E-state index in [-0.39, 0.29) is 11.8 Å². The lowest BCUT2D eigenvalue weighted by Crippen LogP contribution is -2.25. The first-order valence-corrected chi connectivity index (χ1v) is 3.46. The summed E-state index contributed by atoms with van der Waals surface area (Å²) in [4.78, 5) is 10.4. The summed E-state index contributed by atoms with van der Waals surface area (Å²) in [6.07, 6.45) is 1.77. The normalized spacial score (nSPS) is 9.11. The van der Waals surface area contributed by atoms with Crippen LogP contribution in [0.25, 0.3) is 0 Å². The topological polar surface area (TPSA) is 29.1 Å². The first-order valence-electron chi connectivity index (χ1n) is 2.93. The average Bonchev–Trinajstić information content (AvgIpc) is 1.89. The van der Waals surface area contributed by atoms with Gasteiger partial charge in [-0.2, -0.15) is 0 Å². The van der Waals surface area contributed by atoms with Gasteiger partial charge in [0.25, 0.3) is 0 Å². The lowest BCUT2D eigenvalue weighted by atomic mass is 10.3. The number of hydrogen-bond donors (Lipinski definition) is 1. The predicted octanol–water partition coefficient (Wildman–Crippen LogP) is 0.956. The monoisotopic (exact) mass is 148 g/mol. The van der Waals surface area contributed by atoms with Crippen molar-refractivity contribution in [1.82, 2.24) is 5.32 Å². The third-order valence-corrected chi connectivity index (χ3v) is 1.11. The molecule has 0 aliphatic heterocycles. The molecule has 2 nitrogen and oxygen atoms in total. The minimum atomic E-state index is -0.106. The molecular formula is C6H11ClNO. The molecule has 0 saturated heterocycles. The van der Waals surface area contributed by atoms with Crippen LogP contribution in [0, 0.1) is 6.92 Å². The number of rotatable bonds is 4. The summed E-state index contributed by atoms with van der Waals surface area (Å²) in [6.45, 7) is 4.31. The fourth-order valence-corrected chi connectivity index (χ4v) is 0.495. The summed E-state index contributed by atoms with van der Waals surface area (Å²) in [5.41, 5.74) is 0. The molecule has 0 bridgehead atoms. The third kappa shape index (κ3) is 5.63.